The molecule has 0 spiro atoms. The van der Waals surface area contributed by atoms with Gasteiger partial charge in [-0.3, -0.25) is 15.0 Å². The lowest BCUT2D eigenvalue weighted by Crippen LogP contribution is -2.37. The summed E-state index contributed by atoms with van der Waals surface area (Å²) >= 11 is 0. The Morgan fingerprint density at radius 1 is 1.18 bits per heavy atom. The Kier molecular flexibility index (Phi) is 4.62. The zero-order chi connectivity index (χ0) is 16.3. The van der Waals surface area contributed by atoms with E-state index in [0.717, 1.165) is 17.0 Å². The number of nitrogens with one attached hydrogen (secondary N) is 1. The van der Waals surface area contributed by atoms with Gasteiger partial charge >= 0.3 is 0 Å². The fourth-order valence-electron chi connectivity index (χ4n) is 2.31. The summed E-state index contributed by atoms with van der Waals surface area (Å²) in [6, 6.07) is 10.5. The van der Waals surface area contributed by atoms with Crippen LogP contribution in [0.25, 0.3) is 11.3 Å². The molecule has 0 radical (unpaired) electrons. The molecule has 1 heterocycles. The number of amides is 1. The van der Waals surface area contributed by atoms with E-state index in [4.69, 9.17) is 10.6 Å². The summed E-state index contributed by atoms with van der Waals surface area (Å²) in [6.07, 6.45) is 0. The number of ether oxygens (including phenoxy) is 1. The predicted molar refractivity (Wildman–Crippen MR) is 84.7 cm³/mol. The highest BCUT2D eigenvalue weighted by atomic mass is 16.5. The van der Waals surface area contributed by atoms with Crippen LogP contribution < -0.4 is 21.6 Å². The van der Waals surface area contributed by atoms with E-state index in [-0.39, 0.29) is 17.2 Å². The van der Waals surface area contributed by atoms with Crippen LogP contribution in [0.5, 0.6) is 5.75 Å². The molecule has 0 unspecified atom stereocenters. The lowest BCUT2D eigenvalue weighted by atomic mass is 10.1. The number of aromatic nitrogens is 1. The number of hydrazine groups is 1. The van der Waals surface area contributed by atoms with E-state index >= 15 is 0 Å². The summed E-state index contributed by atoms with van der Waals surface area (Å²) in [5.41, 5.74) is 3.25. The zero-order valence-electron chi connectivity index (χ0n) is 12.8. The fourth-order valence-corrected chi connectivity index (χ4v) is 2.31. The van der Waals surface area contributed by atoms with Crippen molar-refractivity contribution in [2.75, 3.05) is 7.11 Å². The van der Waals surface area contributed by atoms with Crippen LogP contribution in [-0.4, -0.2) is 17.6 Å². The molecule has 1 aromatic carbocycles. The molecular formula is C16H19N3O3. The molecule has 116 valence electrons. The van der Waals surface area contributed by atoms with Crippen molar-refractivity contribution in [2.45, 2.75) is 19.9 Å². The Bertz CT molecular complexity index is 733. The molecule has 0 atom stereocenters. The maximum atomic E-state index is 12.5. The van der Waals surface area contributed by atoms with E-state index in [2.05, 4.69) is 0 Å². The lowest BCUT2D eigenvalue weighted by molar-refractivity contribution is 0.0951. The third-order valence-corrected chi connectivity index (χ3v) is 3.39. The largest absolute Gasteiger partial charge is 0.497 e. The first kappa shape index (κ1) is 15.8. The first-order valence-corrected chi connectivity index (χ1v) is 6.90. The first-order chi connectivity index (χ1) is 10.5. The second-order valence-corrected chi connectivity index (χ2v) is 5.10. The zero-order valence-corrected chi connectivity index (χ0v) is 12.8. The van der Waals surface area contributed by atoms with Gasteiger partial charge < -0.3 is 9.30 Å². The molecule has 0 aliphatic heterocycles. The van der Waals surface area contributed by atoms with E-state index in [1.54, 1.807) is 17.7 Å². The number of methoxy groups -OCH3 is 1. The van der Waals surface area contributed by atoms with Gasteiger partial charge in [0.1, 0.15) is 11.3 Å². The summed E-state index contributed by atoms with van der Waals surface area (Å²) in [5.74, 6) is 5.26. The summed E-state index contributed by atoms with van der Waals surface area (Å²) in [5, 5.41) is 0. The Labute approximate surface area is 128 Å². The highest BCUT2D eigenvalue weighted by Gasteiger charge is 2.16. The highest BCUT2D eigenvalue weighted by Crippen LogP contribution is 2.23. The average Bonchev–Trinajstić information content (AvgIpc) is 2.53. The van der Waals surface area contributed by atoms with Crippen molar-refractivity contribution in [2.24, 2.45) is 5.84 Å². The number of carbonyl (C=O) groups is 1. The van der Waals surface area contributed by atoms with Gasteiger partial charge in [0.25, 0.3) is 11.5 Å². The molecule has 0 aliphatic rings. The molecule has 0 fully saturated rings. The number of nitrogens with zero attached hydrogens (tertiary/aromatic N) is 1. The monoisotopic (exact) mass is 301 g/mol. The fraction of sp³-hybridized carbons (Fsp3) is 0.250. The Balaban J connectivity index is 2.63. The number of nitrogen functional groups attached to an aromatic ring is 1. The Morgan fingerprint density at radius 3 is 2.32 bits per heavy atom. The van der Waals surface area contributed by atoms with E-state index in [0.29, 0.717) is 0 Å². The standard InChI is InChI=1S/C16H19N3O3/c1-10(2)19-14(11-4-6-12(22-3)7-5-11)9-8-13(16(19)21)15(20)18-17/h4-10H,17H2,1-3H3,(H,18,20). The summed E-state index contributed by atoms with van der Waals surface area (Å²) in [4.78, 5) is 24.2. The molecule has 1 amide bonds. The van der Waals surface area contributed by atoms with Gasteiger partial charge in [-0.05, 0) is 55.8 Å². The molecule has 0 aliphatic carbocycles. The van der Waals surface area contributed by atoms with Crippen molar-refractivity contribution in [3.05, 3.63) is 52.3 Å². The summed E-state index contributed by atoms with van der Waals surface area (Å²) in [7, 11) is 1.60. The quantitative estimate of drug-likeness (QED) is 0.511. The van der Waals surface area contributed by atoms with Crippen molar-refractivity contribution < 1.29 is 9.53 Å². The van der Waals surface area contributed by atoms with Gasteiger partial charge in [0, 0.05) is 6.04 Å². The molecule has 6 heteroatoms. The maximum absolute atomic E-state index is 12.5. The van der Waals surface area contributed by atoms with Crippen LogP contribution in [0.4, 0.5) is 0 Å². The lowest BCUT2D eigenvalue weighted by Gasteiger charge is -2.18. The second-order valence-electron chi connectivity index (χ2n) is 5.10. The topological polar surface area (TPSA) is 86.3 Å². The van der Waals surface area contributed by atoms with Crippen LogP contribution in [0.15, 0.2) is 41.2 Å². The van der Waals surface area contributed by atoms with Crippen LogP contribution in [0, 0.1) is 0 Å². The van der Waals surface area contributed by atoms with Crippen molar-refractivity contribution >= 4 is 5.91 Å². The molecular weight excluding hydrogens is 282 g/mol. The Morgan fingerprint density at radius 2 is 1.82 bits per heavy atom. The molecule has 2 rings (SSSR count). The van der Waals surface area contributed by atoms with Crippen LogP contribution in [0.2, 0.25) is 0 Å². The normalized spacial score (nSPS) is 10.6. The molecule has 0 bridgehead atoms. The number of benzene rings is 1. The number of nitrogens with two attached hydrogens (primary N) is 1. The number of pyridine rings is 1. The van der Waals surface area contributed by atoms with Gasteiger partial charge in [-0.2, -0.15) is 0 Å². The van der Waals surface area contributed by atoms with Crippen molar-refractivity contribution in [1.82, 2.24) is 9.99 Å². The number of rotatable bonds is 4. The minimum atomic E-state index is -0.597. The molecule has 1 aromatic heterocycles. The first-order valence-electron chi connectivity index (χ1n) is 6.90. The van der Waals surface area contributed by atoms with Gasteiger partial charge in [0.15, 0.2) is 0 Å². The van der Waals surface area contributed by atoms with E-state index in [9.17, 15) is 9.59 Å². The summed E-state index contributed by atoms with van der Waals surface area (Å²) in [6.45, 7) is 3.77. The van der Waals surface area contributed by atoms with Gasteiger partial charge in [-0.1, -0.05) is 0 Å². The van der Waals surface area contributed by atoms with Gasteiger partial charge in [0.2, 0.25) is 0 Å². The van der Waals surface area contributed by atoms with Crippen molar-refractivity contribution in [3.63, 3.8) is 0 Å². The number of carbonyl (C=O) groups excluding carboxylic acids is 1. The predicted octanol–water partition coefficient (Wildman–Crippen LogP) is 1.71. The van der Waals surface area contributed by atoms with Crippen LogP contribution >= 0.6 is 0 Å². The van der Waals surface area contributed by atoms with Crippen molar-refractivity contribution in [1.29, 1.82) is 0 Å². The third kappa shape index (κ3) is 2.87. The van der Waals surface area contributed by atoms with Crippen LogP contribution in [-0.2, 0) is 0 Å². The van der Waals surface area contributed by atoms with Gasteiger partial charge in [0.05, 0.1) is 12.8 Å². The van der Waals surface area contributed by atoms with Crippen LogP contribution in [0.3, 0.4) is 0 Å². The van der Waals surface area contributed by atoms with E-state index in [1.165, 1.54) is 6.07 Å². The van der Waals surface area contributed by atoms with Crippen LogP contribution in [0.1, 0.15) is 30.2 Å². The highest BCUT2D eigenvalue weighted by molar-refractivity contribution is 5.93. The number of hydrogen-bond donors (Lipinski definition) is 2. The third-order valence-electron chi connectivity index (χ3n) is 3.39. The molecule has 2 aromatic rings. The second kappa shape index (κ2) is 6.44. The maximum Gasteiger partial charge on any atom is 0.270 e. The van der Waals surface area contributed by atoms with Gasteiger partial charge in [-0.15, -0.1) is 0 Å². The Hall–Kier alpha value is -2.60. The molecule has 6 nitrogen and oxygen atoms in total. The smallest absolute Gasteiger partial charge is 0.270 e. The van der Waals surface area contributed by atoms with Gasteiger partial charge in [-0.25, -0.2) is 5.84 Å². The molecule has 0 saturated carbocycles. The molecule has 22 heavy (non-hydrogen) atoms. The van der Waals surface area contributed by atoms with E-state index < -0.39 is 5.91 Å². The minimum Gasteiger partial charge on any atom is -0.497 e. The minimum absolute atomic E-state index is 0.0217. The SMILES string of the molecule is COc1ccc(-c2ccc(C(=O)NN)c(=O)n2C(C)C)cc1. The van der Waals surface area contributed by atoms with Crippen molar-refractivity contribution in [3.8, 4) is 17.0 Å². The molecule has 0 saturated heterocycles. The molecule has 3 N–H and O–H groups in total. The average molecular weight is 301 g/mol. The van der Waals surface area contributed by atoms with E-state index in [1.807, 2.05) is 43.5 Å². The number of hydrogen-bond acceptors (Lipinski definition) is 4. The summed E-state index contributed by atoms with van der Waals surface area (Å²) < 4.78 is 6.71.